The van der Waals surface area contributed by atoms with Crippen LogP contribution < -0.4 is 0 Å². The highest BCUT2D eigenvalue weighted by Gasteiger charge is 2.43. The molecule has 14 heavy (non-hydrogen) atoms. The Labute approximate surface area is 82.0 Å². The van der Waals surface area contributed by atoms with Crippen molar-refractivity contribution in [3.63, 3.8) is 0 Å². The molecule has 84 valence electrons. The van der Waals surface area contributed by atoms with Crippen molar-refractivity contribution in [2.75, 3.05) is 12.4 Å². The Morgan fingerprint density at radius 3 is 2.36 bits per heavy atom. The Morgan fingerprint density at radius 2 is 1.86 bits per heavy atom. The van der Waals surface area contributed by atoms with Crippen molar-refractivity contribution in [1.82, 2.24) is 0 Å². The molecule has 1 saturated heterocycles. The first-order valence-corrected chi connectivity index (χ1v) is 5.99. The minimum atomic E-state index is -3.57. The van der Waals surface area contributed by atoms with E-state index in [0.717, 1.165) is 0 Å². The second kappa shape index (κ2) is 4.11. The summed E-state index contributed by atoms with van der Waals surface area (Å²) in [6.45, 7) is 1.13. The number of aliphatic hydroxyl groups excluding tert-OH is 3. The highest BCUT2D eigenvalue weighted by atomic mass is 32.2. The Hall–Kier alpha value is -0.210. The van der Waals surface area contributed by atoms with Crippen LogP contribution in [0.2, 0.25) is 0 Å². The third-order valence-corrected chi connectivity index (χ3v) is 4.14. The number of ether oxygens (including phenoxy) is 1. The van der Waals surface area contributed by atoms with Gasteiger partial charge >= 0.3 is 0 Å². The molecule has 0 aromatic heterocycles. The van der Waals surface area contributed by atoms with Crippen molar-refractivity contribution in [3.05, 3.63) is 0 Å². The molecule has 0 amide bonds. The van der Waals surface area contributed by atoms with Crippen LogP contribution in [0.1, 0.15) is 6.92 Å². The summed E-state index contributed by atoms with van der Waals surface area (Å²) in [5.41, 5.74) is -1.44. The van der Waals surface area contributed by atoms with Gasteiger partial charge in [-0.3, -0.25) is 0 Å². The van der Waals surface area contributed by atoms with Crippen LogP contribution in [0, 0.1) is 0 Å². The fourth-order valence-corrected chi connectivity index (χ4v) is 2.46. The highest BCUT2D eigenvalue weighted by Crippen LogP contribution is 2.20. The van der Waals surface area contributed by atoms with E-state index in [-0.39, 0.29) is 12.4 Å². The van der Waals surface area contributed by atoms with E-state index < -0.39 is 33.6 Å². The van der Waals surface area contributed by atoms with Crippen molar-refractivity contribution >= 4 is 9.84 Å². The fraction of sp³-hybridized carbons (Fsp3) is 1.00. The highest BCUT2D eigenvalue weighted by molar-refractivity contribution is 7.91. The van der Waals surface area contributed by atoms with Crippen LogP contribution in [-0.4, -0.2) is 59.8 Å². The van der Waals surface area contributed by atoms with E-state index in [0.29, 0.717) is 0 Å². The van der Waals surface area contributed by atoms with E-state index in [9.17, 15) is 18.6 Å². The van der Waals surface area contributed by atoms with Crippen LogP contribution in [0.4, 0.5) is 0 Å². The summed E-state index contributed by atoms with van der Waals surface area (Å²) in [6.07, 6.45) is -4.31. The number of rotatable bonds is 2. The smallest absolute Gasteiger partial charge is 0.187 e. The van der Waals surface area contributed by atoms with Gasteiger partial charge in [0.15, 0.2) is 15.3 Å². The van der Waals surface area contributed by atoms with Crippen LogP contribution in [0.3, 0.4) is 0 Å². The SMILES string of the molecule is CCS(=O)(=O)C1OCC(O)C(O)C1O. The lowest BCUT2D eigenvalue weighted by molar-refractivity contribution is -0.163. The number of aliphatic hydroxyl groups is 3. The molecule has 0 radical (unpaired) electrons. The van der Waals surface area contributed by atoms with E-state index in [4.69, 9.17) is 9.84 Å². The summed E-state index contributed by atoms with van der Waals surface area (Å²) in [6, 6.07) is 0. The summed E-state index contributed by atoms with van der Waals surface area (Å²) in [5, 5.41) is 27.7. The third-order valence-electron chi connectivity index (χ3n) is 2.21. The molecular formula is C7H14O6S. The van der Waals surface area contributed by atoms with E-state index in [1.165, 1.54) is 6.92 Å². The zero-order valence-electron chi connectivity index (χ0n) is 7.70. The maximum absolute atomic E-state index is 11.3. The van der Waals surface area contributed by atoms with Gasteiger partial charge in [-0.05, 0) is 0 Å². The molecule has 1 fully saturated rings. The molecule has 3 N–H and O–H groups in total. The Morgan fingerprint density at radius 1 is 1.29 bits per heavy atom. The predicted molar refractivity (Wildman–Crippen MR) is 47.2 cm³/mol. The minimum Gasteiger partial charge on any atom is -0.388 e. The lowest BCUT2D eigenvalue weighted by Gasteiger charge is -2.34. The van der Waals surface area contributed by atoms with Crippen LogP contribution in [0.25, 0.3) is 0 Å². The largest absolute Gasteiger partial charge is 0.388 e. The lowest BCUT2D eigenvalue weighted by atomic mass is 10.1. The Balaban J connectivity index is 2.83. The quantitative estimate of drug-likeness (QED) is 0.496. The van der Waals surface area contributed by atoms with Gasteiger partial charge in [0.25, 0.3) is 0 Å². The first-order valence-electron chi connectivity index (χ1n) is 4.27. The summed E-state index contributed by atoms with van der Waals surface area (Å²) in [7, 11) is -3.57. The van der Waals surface area contributed by atoms with Gasteiger partial charge in [0.05, 0.1) is 12.4 Å². The van der Waals surface area contributed by atoms with Gasteiger partial charge in [0.1, 0.15) is 18.3 Å². The van der Waals surface area contributed by atoms with Gasteiger partial charge in [-0.2, -0.15) is 0 Å². The van der Waals surface area contributed by atoms with Crippen LogP contribution in [0.15, 0.2) is 0 Å². The molecule has 0 aliphatic carbocycles. The Kier molecular flexibility index (Phi) is 3.49. The zero-order valence-corrected chi connectivity index (χ0v) is 8.51. The summed E-state index contributed by atoms with van der Waals surface area (Å²) >= 11 is 0. The molecule has 0 aromatic carbocycles. The number of hydrogen-bond acceptors (Lipinski definition) is 6. The second-order valence-corrected chi connectivity index (χ2v) is 5.57. The standard InChI is InChI=1S/C7H14O6S/c1-2-14(11,12)7-6(10)5(9)4(8)3-13-7/h4-10H,2-3H2,1H3. The molecule has 1 aliphatic rings. The lowest BCUT2D eigenvalue weighted by Crippen LogP contribution is -2.55. The van der Waals surface area contributed by atoms with Crippen molar-refractivity contribution in [1.29, 1.82) is 0 Å². The van der Waals surface area contributed by atoms with Gasteiger partial charge < -0.3 is 20.1 Å². The van der Waals surface area contributed by atoms with Crippen molar-refractivity contribution < 1.29 is 28.5 Å². The summed E-state index contributed by atoms with van der Waals surface area (Å²) in [4.78, 5) is 0. The fourth-order valence-electron chi connectivity index (χ4n) is 1.26. The first kappa shape index (κ1) is 11.9. The molecule has 1 heterocycles. The summed E-state index contributed by atoms with van der Waals surface area (Å²) < 4.78 is 27.5. The summed E-state index contributed by atoms with van der Waals surface area (Å²) in [5.74, 6) is -0.183. The zero-order chi connectivity index (χ0) is 10.9. The average molecular weight is 226 g/mol. The maximum Gasteiger partial charge on any atom is 0.187 e. The molecule has 4 atom stereocenters. The minimum absolute atomic E-state index is 0.183. The molecule has 1 aliphatic heterocycles. The van der Waals surface area contributed by atoms with E-state index in [2.05, 4.69) is 0 Å². The second-order valence-electron chi connectivity index (χ2n) is 3.20. The van der Waals surface area contributed by atoms with Crippen LogP contribution in [-0.2, 0) is 14.6 Å². The number of hydrogen-bond donors (Lipinski definition) is 3. The first-order chi connectivity index (χ1) is 6.40. The average Bonchev–Trinajstić information content (AvgIpc) is 2.14. The topological polar surface area (TPSA) is 104 Å². The van der Waals surface area contributed by atoms with E-state index in [1.54, 1.807) is 0 Å². The van der Waals surface area contributed by atoms with E-state index in [1.807, 2.05) is 0 Å². The normalized spacial score (nSPS) is 39.7. The van der Waals surface area contributed by atoms with Crippen molar-refractivity contribution in [3.8, 4) is 0 Å². The molecule has 0 bridgehead atoms. The molecule has 4 unspecified atom stereocenters. The molecule has 0 aromatic rings. The molecule has 1 rings (SSSR count). The molecule has 0 saturated carbocycles. The Bertz CT molecular complexity index is 287. The predicted octanol–water partition coefficient (Wildman–Crippen LogP) is -2.14. The molecule has 6 nitrogen and oxygen atoms in total. The molecular weight excluding hydrogens is 212 g/mol. The van der Waals surface area contributed by atoms with Crippen LogP contribution >= 0.6 is 0 Å². The monoisotopic (exact) mass is 226 g/mol. The molecule has 7 heteroatoms. The van der Waals surface area contributed by atoms with Crippen LogP contribution in [0.5, 0.6) is 0 Å². The molecule has 0 spiro atoms. The van der Waals surface area contributed by atoms with Gasteiger partial charge in [-0.15, -0.1) is 0 Å². The third kappa shape index (κ3) is 2.06. The number of sulfone groups is 1. The van der Waals surface area contributed by atoms with Crippen molar-refractivity contribution in [2.45, 2.75) is 30.7 Å². The maximum atomic E-state index is 11.3. The van der Waals surface area contributed by atoms with Gasteiger partial charge in [-0.25, -0.2) is 8.42 Å². The van der Waals surface area contributed by atoms with Gasteiger partial charge in [0, 0.05) is 0 Å². The van der Waals surface area contributed by atoms with Crippen molar-refractivity contribution in [2.24, 2.45) is 0 Å². The van der Waals surface area contributed by atoms with Gasteiger partial charge in [0.2, 0.25) is 0 Å². The van der Waals surface area contributed by atoms with E-state index >= 15 is 0 Å². The van der Waals surface area contributed by atoms with Gasteiger partial charge in [-0.1, -0.05) is 6.92 Å².